The molecule has 0 aliphatic heterocycles. The van der Waals surface area contributed by atoms with Crippen molar-refractivity contribution in [2.75, 3.05) is 6.54 Å². The van der Waals surface area contributed by atoms with Crippen LogP contribution in [0.15, 0.2) is 18.2 Å². The van der Waals surface area contributed by atoms with Gasteiger partial charge in [0.2, 0.25) is 0 Å². The fourth-order valence-corrected chi connectivity index (χ4v) is 2.74. The highest BCUT2D eigenvalue weighted by Gasteiger charge is 2.28. The lowest BCUT2D eigenvalue weighted by Gasteiger charge is -2.33. The first-order valence-corrected chi connectivity index (χ1v) is 7.23. The van der Waals surface area contributed by atoms with Crippen LogP contribution in [0.2, 0.25) is 0 Å². The van der Waals surface area contributed by atoms with Crippen molar-refractivity contribution in [2.24, 2.45) is 5.73 Å². The zero-order valence-corrected chi connectivity index (χ0v) is 12.2. The first-order valence-electron chi connectivity index (χ1n) is 7.23. The molecule has 1 saturated carbocycles. The molecule has 0 spiro atoms. The fourth-order valence-electron chi connectivity index (χ4n) is 2.74. The topological polar surface area (TPSA) is 98.3 Å². The van der Waals surface area contributed by atoms with Crippen LogP contribution in [0.25, 0.3) is 0 Å². The summed E-state index contributed by atoms with van der Waals surface area (Å²) in [5.41, 5.74) is 6.72. The Balaban J connectivity index is 2.03. The van der Waals surface area contributed by atoms with Crippen LogP contribution in [0.4, 0.5) is 5.69 Å². The van der Waals surface area contributed by atoms with E-state index in [4.69, 9.17) is 5.73 Å². The number of nitro groups is 1. The largest absolute Gasteiger partial charge is 0.350 e. The van der Waals surface area contributed by atoms with Crippen molar-refractivity contribution in [3.8, 4) is 0 Å². The normalized spacial score (nSPS) is 17.2. The SMILES string of the molecule is Cc1ccc(C(=O)NCC2(N)CCCCC2)cc1[N+](=O)[O-]. The molecule has 1 aliphatic carbocycles. The summed E-state index contributed by atoms with van der Waals surface area (Å²) < 4.78 is 0. The minimum Gasteiger partial charge on any atom is -0.350 e. The fraction of sp³-hybridized carbons (Fsp3) is 0.533. The van der Waals surface area contributed by atoms with Gasteiger partial charge in [-0.2, -0.15) is 0 Å². The van der Waals surface area contributed by atoms with E-state index in [1.54, 1.807) is 19.1 Å². The molecule has 21 heavy (non-hydrogen) atoms. The van der Waals surface area contributed by atoms with E-state index >= 15 is 0 Å². The molecule has 1 amide bonds. The zero-order chi connectivity index (χ0) is 15.5. The molecule has 3 N–H and O–H groups in total. The van der Waals surface area contributed by atoms with Gasteiger partial charge in [0.15, 0.2) is 0 Å². The average molecular weight is 291 g/mol. The third-order valence-electron chi connectivity index (χ3n) is 4.12. The number of rotatable bonds is 4. The average Bonchev–Trinajstić information content (AvgIpc) is 2.46. The Kier molecular flexibility index (Phi) is 4.57. The molecule has 1 aromatic rings. The third kappa shape index (κ3) is 3.78. The Labute approximate surface area is 123 Å². The van der Waals surface area contributed by atoms with Crippen molar-refractivity contribution in [1.29, 1.82) is 0 Å². The zero-order valence-electron chi connectivity index (χ0n) is 12.2. The Morgan fingerprint density at radius 2 is 2.05 bits per heavy atom. The highest BCUT2D eigenvalue weighted by atomic mass is 16.6. The number of carbonyl (C=O) groups is 1. The number of carbonyl (C=O) groups excluding carboxylic acids is 1. The summed E-state index contributed by atoms with van der Waals surface area (Å²) in [6.45, 7) is 2.06. The van der Waals surface area contributed by atoms with E-state index in [-0.39, 0.29) is 17.1 Å². The lowest BCUT2D eigenvalue weighted by Crippen LogP contribution is -2.51. The van der Waals surface area contributed by atoms with Gasteiger partial charge in [-0.1, -0.05) is 25.3 Å². The van der Waals surface area contributed by atoms with Crippen LogP contribution in [0.3, 0.4) is 0 Å². The molecule has 0 unspecified atom stereocenters. The van der Waals surface area contributed by atoms with Crippen molar-refractivity contribution in [3.05, 3.63) is 39.4 Å². The molecule has 0 radical (unpaired) electrons. The van der Waals surface area contributed by atoms with Gasteiger partial charge in [-0.15, -0.1) is 0 Å². The molecule has 0 aromatic heterocycles. The molecule has 6 heteroatoms. The number of nitro benzene ring substituents is 1. The summed E-state index contributed by atoms with van der Waals surface area (Å²) >= 11 is 0. The van der Waals surface area contributed by atoms with E-state index in [0.717, 1.165) is 25.7 Å². The monoisotopic (exact) mass is 291 g/mol. The second-order valence-corrected chi connectivity index (χ2v) is 5.86. The molecule has 0 atom stereocenters. The van der Waals surface area contributed by atoms with E-state index in [2.05, 4.69) is 5.32 Å². The van der Waals surface area contributed by atoms with E-state index in [1.165, 1.54) is 12.5 Å². The lowest BCUT2D eigenvalue weighted by atomic mass is 9.82. The Morgan fingerprint density at radius 3 is 2.67 bits per heavy atom. The molecule has 6 nitrogen and oxygen atoms in total. The van der Waals surface area contributed by atoms with Crippen LogP contribution in [-0.4, -0.2) is 22.9 Å². The second-order valence-electron chi connectivity index (χ2n) is 5.86. The Hall–Kier alpha value is -1.95. The number of nitrogens with one attached hydrogen (secondary N) is 1. The minimum absolute atomic E-state index is 0.0391. The van der Waals surface area contributed by atoms with Gasteiger partial charge in [0.25, 0.3) is 11.6 Å². The van der Waals surface area contributed by atoms with Gasteiger partial charge in [-0.05, 0) is 25.8 Å². The molecule has 0 bridgehead atoms. The molecular formula is C15H21N3O3. The Bertz CT molecular complexity index is 551. The van der Waals surface area contributed by atoms with Gasteiger partial charge < -0.3 is 11.1 Å². The minimum atomic E-state index is -0.475. The molecule has 0 heterocycles. The highest BCUT2D eigenvalue weighted by molar-refractivity contribution is 5.95. The summed E-state index contributed by atoms with van der Waals surface area (Å²) in [4.78, 5) is 22.6. The van der Waals surface area contributed by atoms with E-state index in [9.17, 15) is 14.9 Å². The maximum Gasteiger partial charge on any atom is 0.273 e. The quantitative estimate of drug-likeness (QED) is 0.656. The van der Waals surface area contributed by atoms with Crippen molar-refractivity contribution < 1.29 is 9.72 Å². The van der Waals surface area contributed by atoms with Gasteiger partial charge in [-0.3, -0.25) is 14.9 Å². The molecule has 1 fully saturated rings. The standard InChI is InChI=1S/C15H21N3O3/c1-11-5-6-12(9-13(11)18(20)21)14(19)17-10-15(16)7-3-2-4-8-15/h5-6,9H,2-4,7-8,10,16H2,1H3,(H,17,19). The van der Waals surface area contributed by atoms with Crippen LogP contribution in [0.1, 0.15) is 48.0 Å². The molecule has 0 saturated heterocycles. The molecule has 2 rings (SSSR count). The van der Waals surface area contributed by atoms with Crippen LogP contribution in [0.5, 0.6) is 0 Å². The first kappa shape index (κ1) is 15.4. The number of nitrogens with zero attached hydrogens (tertiary/aromatic N) is 1. The third-order valence-corrected chi connectivity index (χ3v) is 4.12. The number of amides is 1. The van der Waals surface area contributed by atoms with Gasteiger partial charge in [0.1, 0.15) is 0 Å². The smallest absolute Gasteiger partial charge is 0.273 e. The first-order chi connectivity index (χ1) is 9.91. The van der Waals surface area contributed by atoms with Gasteiger partial charge in [0, 0.05) is 29.3 Å². The lowest BCUT2D eigenvalue weighted by molar-refractivity contribution is -0.385. The summed E-state index contributed by atoms with van der Waals surface area (Å²) in [6, 6.07) is 4.50. The van der Waals surface area contributed by atoms with Crippen molar-refractivity contribution in [1.82, 2.24) is 5.32 Å². The van der Waals surface area contributed by atoms with Crippen molar-refractivity contribution in [2.45, 2.75) is 44.6 Å². The molecule has 1 aromatic carbocycles. The molecular weight excluding hydrogens is 270 g/mol. The van der Waals surface area contributed by atoms with Crippen LogP contribution >= 0.6 is 0 Å². The van der Waals surface area contributed by atoms with E-state index in [1.807, 2.05) is 0 Å². The Morgan fingerprint density at radius 1 is 1.38 bits per heavy atom. The number of benzene rings is 1. The number of hydrogen-bond donors (Lipinski definition) is 2. The maximum atomic E-state index is 12.1. The predicted molar refractivity (Wildman–Crippen MR) is 80.2 cm³/mol. The van der Waals surface area contributed by atoms with Gasteiger partial charge in [-0.25, -0.2) is 0 Å². The van der Waals surface area contributed by atoms with Crippen molar-refractivity contribution >= 4 is 11.6 Å². The summed E-state index contributed by atoms with van der Waals surface area (Å²) in [5.74, 6) is -0.312. The van der Waals surface area contributed by atoms with E-state index < -0.39 is 4.92 Å². The highest BCUT2D eigenvalue weighted by Crippen LogP contribution is 2.25. The van der Waals surface area contributed by atoms with Crippen LogP contribution in [0, 0.1) is 17.0 Å². The molecule has 1 aliphatic rings. The summed E-state index contributed by atoms with van der Waals surface area (Å²) in [7, 11) is 0. The van der Waals surface area contributed by atoms with Crippen LogP contribution in [-0.2, 0) is 0 Å². The number of hydrogen-bond acceptors (Lipinski definition) is 4. The molecule has 114 valence electrons. The maximum absolute atomic E-state index is 12.1. The second kappa shape index (κ2) is 6.22. The van der Waals surface area contributed by atoms with Gasteiger partial charge in [0.05, 0.1) is 4.92 Å². The van der Waals surface area contributed by atoms with Crippen molar-refractivity contribution in [3.63, 3.8) is 0 Å². The number of aryl methyl sites for hydroxylation is 1. The number of nitrogens with two attached hydrogens (primary N) is 1. The van der Waals surface area contributed by atoms with Crippen LogP contribution < -0.4 is 11.1 Å². The summed E-state index contributed by atoms with van der Waals surface area (Å²) in [5, 5.41) is 13.7. The summed E-state index contributed by atoms with van der Waals surface area (Å²) in [6.07, 6.45) is 5.17. The predicted octanol–water partition coefficient (Wildman–Crippen LogP) is 2.29. The van der Waals surface area contributed by atoms with Gasteiger partial charge >= 0.3 is 0 Å². The van der Waals surface area contributed by atoms with E-state index in [0.29, 0.717) is 17.7 Å².